The van der Waals surface area contributed by atoms with Gasteiger partial charge in [0, 0.05) is 0 Å². The Morgan fingerprint density at radius 1 is 0.579 bits per heavy atom. The van der Waals surface area contributed by atoms with Crippen molar-refractivity contribution in [2.24, 2.45) is 0 Å². The third-order valence-electron chi connectivity index (χ3n) is 1.07. The van der Waals surface area contributed by atoms with Gasteiger partial charge >= 0.3 is 31.2 Å². The minimum absolute atomic E-state index is 0.628. The summed E-state index contributed by atoms with van der Waals surface area (Å²) in [5, 5.41) is -0.920. The lowest BCUT2D eigenvalue weighted by atomic mass is 11.8. The average Bonchev–Trinajstić information content (AvgIpc) is 2.27. The van der Waals surface area contributed by atoms with E-state index in [2.05, 4.69) is 25.4 Å². The Bertz CT molecular complexity index is 486. The Morgan fingerprint density at radius 2 is 0.789 bits per heavy atom. The first kappa shape index (κ1) is 18.6. The zero-order valence-electron chi connectivity index (χ0n) is 9.57. The molecule has 0 saturated carbocycles. The first-order chi connectivity index (χ1) is 8.47. The molecule has 0 atom stereocenters. The van der Waals surface area contributed by atoms with Crippen LogP contribution in [0, 0.1) is 0 Å². The summed E-state index contributed by atoms with van der Waals surface area (Å²) in [6, 6.07) is 0. The molecule has 0 radical (unpaired) electrons. The molecule has 0 rings (SSSR count). The molecule has 0 aromatic rings. The summed E-state index contributed by atoms with van der Waals surface area (Å²) in [7, 11) is -12.6. The quantitative estimate of drug-likeness (QED) is 0.412. The predicted molar refractivity (Wildman–Crippen MR) is 52.9 cm³/mol. The lowest BCUT2D eigenvalue weighted by Crippen LogP contribution is -2.34. The number of hydrogen-bond acceptors (Lipinski definition) is 13. The van der Waals surface area contributed by atoms with Gasteiger partial charge in [0.25, 0.3) is 0 Å². The summed E-state index contributed by atoms with van der Waals surface area (Å²) in [4.78, 5) is 0. The highest BCUT2D eigenvalue weighted by Crippen LogP contribution is 2.10. The van der Waals surface area contributed by atoms with Gasteiger partial charge < -0.3 is 0 Å². The second-order valence-electron chi connectivity index (χ2n) is 2.17. The van der Waals surface area contributed by atoms with Crippen LogP contribution in [0.1, 0.15) is 0 Å². The second kappa shape index (κ2) is 6.83. The van der Waals surface area contributed by atoms with Crippen molar-refractivity contribution in [3.8, 4) is 0 Å². The molecule has 0 spiro atoms. The zero-order valence-corrected chi connectivity index (χ0v) is 12.0. The van der Waals surface area contributed by atoms with E-state index in [0.717, 1.165) is 0 Å². The molecule has 0 heterocycles. The van der Waals surface area contributed by atoms with E-state index in [0.29, 0.717) is 21.3 Å². The van der Waals surface area contributed by atoms with E-state index in [1.807, 2.05) is 0 Å². The largest absolute Gasteiger partial charge is 0.419 e. The highest BCUT2D eigenvalue weighted by atomic mass is 32.3. The van der Waals surface area contributed by atoms with Gasteiger partial charge in [-0.1, -0.05) is 12.9 Å². The first-order valence-electron chi connectivity index (χ1n) is 3.77. The topological polar surface area (TPSA) is 161 Å². The van der Waals surface area contributed by atoms with Crippen molar-refractivity contribution >= 4 is 31.2 Å². The van der Waals surface area contributed by atoms with E-state index < -0.39 is 36.6 Å². The number of rotatable bonds is 9. The molecular formula is C3H9NO12S3. The van der Waals surface area contributed by atoms with E-state index in [4.69, 9.17) is 0 Å². The van der Waals surface area contributed by atoms with Crippen molar-refractivity contribution in [2.75, 3.05) is 21.3 Å². The van der Waals surface area contributed by atoms with E-state index >= 15 is 0 Å². The third kappa shape index (κ3) is 7.67. The van der Waals surface area contributed by atoms with Gasteiger partial charge in [-0.25, -0.2) is 0 Å². The van der Waals surface area contributed by atoms with Crippen molar-refractivity contribution in [1.82, 2.24) is 5.39 Å². The highest BCUT2D eigenvalue weighted by molar-refractivity contribution is 7.83. The van der Waals surface area contributed by atoms with E-state index in [-0.39, 0.29) is 0 Å². The fourth-order valence-electron chi connectivity index (χ4n) is 0.352. The zero-order chi connectivity index (χ0) is 15.3. The molecule has 0 fully saturated rings. The molecule has 0 aromatic carbocycles. The maximum atomic E-state index is 10.8. The fraction of sp³-hybridized carbons (Fsp3) is 1.00. The molecule has 0 N–H and O–H groups in total. The van der Waals surface area contributed by atoms with Crippen LogP contribution in [-0.2, 0) is 56.6 Å². The Morgan fingerprint density at radius 3 is 0.947 bits per heavy atom. The second-order valence-corrected chi connectivity index (χ2v) is 6.07. The van der Waals surface area contributed by atoms with E-state index in [1.165, 1.54) is 0 Å². The Labute approximate surface area is 109 Å². The standard InChI is InChI=1S/C3H9NO12S3/c1-11-17(5,6)14-4(15-18(7,8)12-2)16-19(9,10)13-3/h1-3H3. The summed E-state index contributed by atoms with van der Waals surface area (Å²) in [5.74, 6) is 0. The normalized spacial score (nSPS) is 13.9. The predicted octanol–water partition coefficient (Wildman–Crippen LogP) is -2.24. The summed E-state index contributed by atoms with van der Waals surface area (Å²) < 4.78 is 87.3. The van der Waals surface area contributed by atoms with Crippen LogP contribution in [0.3, 0.4) is 0 Å². The Kier molecular flexibility index (Phi) is 6.68. The fourth-order valence-corrected chi connectivity index (χ4v) is 1.28. The van der Waals surface area contributed by atoms with Gasteiger partial charge in [-0.05, 0) is 0 Å². The van der Waals surface area contributed by atoms with Crippen molar-refractivity contribution in [3.05, 3.63) is 0 Å². The van der Waals surface area contributed by atoms with Gasteiger partial charge in [-0.15, -0.1) is 0 Å². The number of nitrogens with zero attached hydrogens (tertiary/aromatic N) is 1. The van der Waals surface area contributed by atoms with Crippen LogP contribution in [0.2, 0.25) is 0 Å². The van der Waals surface area contributed by atoms with Gasteiger partial charge in [-0.3, -0.25) is 12.5 Å². The minimum atomic E-state index is -4.84. The average molecular weight is 347 g/mol. The summed E-state index contributed by atoms with van der Waals surface area (Å²) in [6.45, 7) is 0. The lowest BCUT2D eigenvalue weighted by molar-refractivity contribution is -0.410. The van der Waals surface area contributed by atoms with Gasteiger partial charge in [-0.2, -0.15) is 25.3 Å². The smallest absolute Gasteiger partial charge is 0.250 e. The van der Waals surface area contributed by atoms with Crippen LogP contribution in [0.4, 0.5) is 0 Å². The highest BCUT2D eigenvalue weighted by Gasteiger charge is 2.30. The van der Waals surface area contributed by atoms with Crippen LogP contribution < -0.4 is 0 Å². The van der Waals surface area contributed by atoms with Gasteiger partial charge in [0.1, 0.15) is 5.39 Å². The van der Waals surface area contributed by atoms with Crippen molar-refractivity contribution < 1.29 is 50.7 Å². The number of hydrogen-bond donors (Lipinski definition) is 0. The molecule has 116 valence electrons. The van der Waals surface area contributed by atoms with Crippen molar-refractivity contribution in [3.63, 3.8) is 0 Å². The molecule has 0 unspecified atom stereocenters. The molecule has 0 amide bonds. The maximum Gasteiger partial charge on any atom is 0.419 e. The van der Waals surface area contributed by atoms with Crippen LogP contribution in [0.15, 0.2) is 0 Å². The summed E-state index contributed by atoms with van der Waals surface area (Å²) in [6.07, 6.45) is 0. The molecule has 0 aliphatic heterocycles. The maximum absolute atomic E-state index is 10.8. The van der Waals surface area contributed by atoms with Crippen molar-refractivity contribution in [2.45, 2.75) is 0 Å². The molecule has 0 aromatic heterocycles. The Hall–Kier alpha value is -0.430. The minimum Gasteiger partial charge on any atom is -0.250 e. The molecule has 19 heavy (non-hydrogen) atoms. The summed E-state index contributed by atoms with van der Waals surface area (Å²) in [5.41, 5.74) is 0. The van der Waals surface area contributed by atoms with Gasteiger partial charge in [0.2, 0.25) is 0 Å². The molecule has 0 saturated heterocycles. The molecule has 0 aliphatic carbocycles. The van der Waals surface area contributed by atoms with E-state index in [1.54, 1.807) is 0 Å². The SMILES string of the molecule is COS(=O)(=O)ON(OS(=O)(=O)OC)OS(=O)(=O)OC. The van der Waals surface area contributed by atoms with E-state index in [9.17, 15) is 25.3 Å². The van der Waals surface area contributed by atoms with Crippen LogP contribution >= 0.6 is 0 Å². The lowest BCUT2D eigenvalue weighted by Gasteiger charge is -2.15. The molecule has 13 nitrogen and oxygen atoms in total. The summed E-state index contributed by atoms with van der Waals surface area (Å²) >= 11 is 0. The van der Waals surface area contributed by atoms with Crippen LogP contribution in [0.25, 0.3) is 0 Å². The van der Waals surface area contributed by atoms with Gasteiger partial charge in [0.15, 0.2) is 0 Å². The Balaban J connectivity index is 5.17. The monoisotopic (exact) mass is 347 g/mol. The van der Waals surface area contributed by atoms with Crippen LogP contribution in [0.5, 0.6) is 0 Å². The molecule has 16 heteroatoms. The first-order valence-corrected chi connectivity index (χ1v) is 7.77. The van der Waals surface area contributed by atoms with Gasteiger partial charge in [0.05, 0.1) is 21.3 Å². The molecule has 0 aliphatic rings. The molecular weight excluding hydrogens is 338 g/mol. The van der Waals surface area contributed by atoms with Crippen molar-refractivity contribution in [1.29, 1.82) is 0 Å². The third-order valence-corrected chi connectivity index (χ3v) is 3.21. The molecule has 0 bridgehead atoms. The van der Waals surface area contributed by atoms with Crippen LogP contribution in [-0.4, -0.2) is 52.0 Å².